The average molecular weight is 439 g/mol. The van der Waals surface area contributed by atoms with E-state index in [1.807, 2.05) is 0 Å². The second kappa shape index (κ2) is 9.92. The van der Waals surface area contributed by atoms with Gasteiger partial charge in [0.05, 0.1) is 0 Å². The molecule has 0 saturated heterocycles. The van der Waals surface area contributed by atoms with Gasteiger partial charge in [0.2, 0.25) is 0 Å². The molecule has 0 atom stereocenters. The summed E-state index contributed by atoms with van der Waals surface area (Å²) < 4.78 is 0.0273. The number of halogens is 1. The van der Waals surface area contributed by atoms with Gasteiger partial charge in [0.25, 0.3) is 0 Å². The Morgan fingerprint density at radius 1 is 0.821 bits per heavy atom. The molecule has 1 aliphatic carbocycles. The van der Waals surface area contributed by atoms with E-state index in [2.05, 4.69) is 84.9 Å². The van der Waals surface area contributed by atoms with Crippen molar-refractivity contribution < 1.29 is 0 Å². The van der Waals surface area contributed by atoms with E-state index < -0.39 is 0 Å². The average Bonchev–Trinajstić information content (AvgIpc) is 2.71. The number of aryl methyl sites for hydroxylation is 3. The van der Waals surface area contributed by atoms with Crippen molar-refractivity contribution >= 4 is 15.9 Å². The maximum atomic E-state index is 4.21. The normalized spacial score (nSPS) is 15.5. The molecule has 0 bridgehead atoms. The van der Waals surface area contributed by atoms with Crippen molar-refractivity contribution in [1.82, 2.24) is 0 Å². The summed E-state index contributed by atoms with van der Waals surface area (Å²) in [5.74, 6) is 0.807. The van der Waals surface area contributed by atoms with Gasteiger partial charge in [0.15, 0.2) is 0 Å². The number of rotatable bonds is 8. The molecule has 3 rings (SSSR count). The van der Waals surface area contributed by atoms with Gasteiger partial charge in [-0.25, -0.2) is 0 Å². The fourth-order valence-corrected chi connectivity index (χ4v) is 4.34. The van der Waals surface area contributed by atoms with E-state index in [9.17, 15) is 0 Å². The zero-order valence-corrected chi connectivity index (χ0v) is 19.2. The van der Waals surface area contributed by atoms with Crippen molar-refractivity contribution in [3.8, 4) is 0 Å². The SMILES string of the molecule is C=C(CCc1ccc(CCc2ccc(C3CCCCC3)cc2)cc1)C(C)(C)Br. The maximum absolute atomic E-state index is 4.21. The number of benzene rings is 2. The van der Waals surface area contributed by atoms with Crippen LogP contribution in [0.15, 0.2) is 60.7 Å². The molecule has 0 unspecified atom stereocenters. The Morgan fingerprint density at radius 2 is 1.29 bits per heavy atom. The van der Waals surface area contributed by atoms with E-state index in [0.29, 0.717) is 0 Å². The third-order valence-electron chi connectivity index (χ3n) is 6.34. The molecule has 2 aromatic rings. The highest BCUT2D eigenvalue weighted by molar-refractivity contribution is 9.10. The second-order valence-corrected chi connectivity index (χ2v) is 11.0. The first-order valence-corrected chi connectivity index (χ1v) is 11.7. The minimum atomic E-state index is 0.0273. The Bertz CT molecular complexity index is 740. The first kappa shape index (κ1) is 21.4. The van der Waals surface area contributed by atoms with Crippen LogP contribution in [0, 0.1) is 0 Å². The Morgan fingerprint density at radius 3 is 1.79 bits per heavy atom. The summed E-state index contributed by atoms with van der Waals surface area (Å²) in [5.41, 5.74) is 7.10. The molecule has 0 heterocycles. The Balaban J connectivity index is 1.47. The smallest absolute Gasteiger partial charge is 0.0407 e. The molecule has 0 spiro atoms. The summed E-state index contributed by atoms with van der Waals surface area (Å²) >= 11 is 3.70. The number of hydrogen-bond acceptors (Lipinski definition) is 0. The minimum absolute atomic E-state index is 0.0273. The van der Waals surface area contributed by atoms with Gasteiger partial charge in [-0.3, -0.25) is 0 Å². The number of allylic oxidation sites excluding steroid dienone is 1. The molecular weight excluding hydrogens is 404 g/mol. The second-order valence-electron chi connectivity index (χ2n) is 8.97. The highest BCUT2D eigenvalue weighted by atomic mass is 79.9. The first-order valence-electron chi connectivity index (χ1n) is 11.0. The fraction of sp³-hybridized carbons (Fsp3) is 0.481. The third-order valence-corrected chi connectivity index (χ3v) is 6.90. The summed E-state index contributed by atoms with van der Waals surface area (Å²) in [5, 5.41) is 0. The van der Waals surface area contributed by atoms with Crippen LogP contribution in [0.4, 0.5) is 0 Å². The highest BCUT2D eigenvalue weighted by Crippen LogP contribution is 2.32. The van der Waals surface area contributed by atoms with E-state index in [4.69, 9.17) is 0 Å². The fourth-order valence-electron chi connectivity index (χ4n) is 4.15. The molecule has 0 amide bonds. The summed E-state index contributed by atoms with van der Waals surface area (Å²) in [6.07, 6.45) is 11.3. The number of alkyl halides is 1. The standard InChI is InChI=1S/C27H35Br/c1-21(27(2,3)28)9-10-22-11-13-23(14-12-22)15-16-24-17-19-26(20-18-24)25-7-5-4-6-8-25/h11-14,17-20,25H,1,4-10,15-16H2,2-3H3. The van der Waals surface area contributed by atoms with Crippen molar-refractivity contribution in [2.45, 2.75) is 81.9 Å². The largest absolute Gasteiger partial charge is 0.0985 e. The predicted molar refractivity (Wildman–Crippen MR) is 127 cm³/mol. The van der Waals surface area contributed by atoms with Gasteiger partial charge in [-0.15, -0.1) is 0 Å². The first-order chi connectivity index (χ1) is 13.4. The lowest BCUT2D eigenvalue weighted by molar-refractivity contribution is 0.443. The molecule has 1 aliphatic rings. The van der Waals surface area contributed by atoms with Crippen LogP contribution in [0.25, 0.3) is 0 Å². The van der Waals surface area contributed by atoms with Gasteiger partial charge < -0.3 is 0 Å². The molecule has 0 nitrogen and oxygen atoms in total. The molecule has 2 aromatic carbocycles. The van der Waals surface area contributed by atoms with Crippen molar-refractivity contribution in [1.29, 1.82) is 0 Å². The van der Waals surface area contributed by atoms with E-state index in [1.54, 1.807) is 5.56 Å². The van der Waals surface area contributed by atoms with Gasteiger partial charge >= 0.3 is 0 Å². The molecule has 1 heteroatoms. The quantitative estimate of drug-likeness (QED) is 0.287. The molecule has 0 N–H and O–H groups in total. The third kappa shape index (κ3) is 6.34. The molecule has 1 saturated carbocycles. The van der Waals surface area contributed by atoms with Gasteiger partial charge in [0, 0.05) is 4.32 Å². The topological polar surface area (TPSA) is 0 Å². The lowest BCUT2D eigenvalue weighted by atomic mass is 9.84. The zero-order valence-electron chi connectivity index (χ0n) is 17.6. The lowest BCUT2D eigenvalue weighted by Crippen LogP contribution is -2.12. The van der Waals surface area contributed by atoms with Crippen LogP contribution in [-0.4, -0.2) is 4.32 Å². The minimum Gasteiger partial charge on any atom is -0.0985 e. The van der Waals surface area contributed by atoms with Crippen molar-refractivity contribution in [3.63, 3.8) is 0 Å². The van der Waals surface area contributed by atoms with E-state index in [1.165, 1.54) is 54.4 Å². The Hall–Kier alpha value is -1.34. The van der Waals surface area contributed by atoms with Gasteiger partial charge in [-0.1, -0.05) is 95.9 Å². The van der Waals surface area contributed by atoms with Crippen LogP contribution >= 0.6 is 15.9 Å². The molecule has 0 aliphatic heterocycles. The van der Waals surface area contributed by atoms with Crippen LogP contribution in [-0.2, 0) is 19.3 Å². The van der Waals surface area contributed by atoms with Crippen LogP contribution in [0.5, 0.6) is 0 Å². The van der Waals surface area contributed by atoms with Crippen molar-refractivity contribution in [2.75, 3.05) is 0 Å². The van der Waals surface area contributed by atoms with Crippen molar-refractivity contribution in [3.05, 3.63) is 82.9 Å². The van der Waals surface area contributed by atoms with Crippen LogP contribution < -0.4 is 0 Å². The Labute approximate surface area is 180 Å². The highest BCUT2D eigenvalue weighted by Gasteiger charge is 2.17. The molecular formula is C27H35Br. The molecule has 28 heavy (non-hydrogen) atoms. The van der Waals surface area contributed by atoms with Crippen LogP contribution in [0.3, 0.4) is 0 Å². The Kier molecular flexibility index (Phi) is 7.57. The number of hydrogen-bond donors (Lipinski definition) is 0. The zero-order chi connectivity index (χ0) is 20.0. The van der Waals surface area contributed by atoms with Gasteiger partial charge in [-0.2, -0.15) is 0 Å². The van der Waals surface area contributed by atoms with Gasteiger partial charge in [0.1, 0.15) is 0 Å². The van der Waals surface area contributed by atoms with E-state index in [-0.39, 0.29) is 4.32 Å². The molecule has 1 fully saturated rings. The molecule has 150 valence electrons. The van der Waals surface area contributed by atoms with Gasteiger partial charge in [-0.05, 0) is 80.5 Å². The van der Waals surface area contributed by atoms with Crippen molar-refractivity contribution in [2.24, 2.45) is 0 Å². The van der Waals surface area contributed by atoms with Crippen LogP contribution in [0.1, 0.15) is 80.5 Å². The molecule has 0 radical (unpaired) electrons. The van der Waals surface area contributed by atoms with Crippen LogP contribution in [0.2, 0.25) is 0 Å². The van der Waals surface area contributed by atoms with E-state index in [0.717, 1.165) is 31.6 Å². The van der Waals surface area contributed by atoms with E-state index >= 15 is 0 Å². The summed E-state index contributed by atoms with van der Waals surface area (Å²) in [4.78, 5) is 0. The maximum Gasteiger partial charge on any atom is 0.0407 e. The molecule has 0 aromatic heterocycles. The summed E-state index contributed by atoms with van der Waals surface area (Å²) in [6, 6.07) is 18.6. The summed E-state index contributed by atoms with van der Waals surface area (Å²) in [7, 11) is 0. The predicted octanol–water partition coefficient (Wildman–Crippen LogP) is 8.18. The lowest BCUT2D eigenvalue weighted by Gasteiger charge is -2.22. The summed E-state index contributed by atoms with van der Waals surface area (Å²) in [6.45, 7) is 8.54. The monoisotopic (exact) mass is 438 g/mol.